The molecule has 0 aliphatic heterocycles. The Hall–Kier alpha value is -1.65. The van der Waals surface area contributed by atoms with Gasteiger partial charge in [0.1, 0.15) is 22.9 Å². The molecule has 1 aromatic carbocycles. The molecule has 0 aliphatic carbocycles. The second-order valence-corrected chi connectivity index (χ2v) is 8.56. The molecule has 0 unspecified atom stereocenters. The summed E-state index contributed by atoms with van der Waals surface area (Å²) in [6.45, 7) is 14.3. The van der Waals surface area contributed by atoms with Crippen LogP contribution in [0.1, 0.15) is 58.6 Å². The van der Waals surface area contributed by atoms with Crippen LogP contribution in [0, 0.1) is 23.6 Å². The molecule has 0 saturated heterocycles. The highest BCUT2D eigenvalue weighted by Crippen LogP contribution is 2.37. The van der Waals surface area contributed by atoms with Gasteiger partial charge in [0.25, 0.3) is 0 Å². The normalized spacial score (nSPS) is 12.7. The summed E-state index contributed by atoms with van der Waals surface area (Å²) in [5, 5.41) is 11.1. The number of halogens is 1. The molecule has 0 amide bonds. The highest BCUT2D eigenvalue weighted by atomic mass is 19.1. The van der Waals surface area contributed by atoms with Crippen LogP contribution in [0.4, 0.5) is 4.39 Å². The summed E-state index contributed by atoms with van der Waals surface area (Å²) in [4.78, 5) is 2.19. The highest BCUT2D eigenvalue weighted by Gasteiger charge is 2.39. The molecule has 2 aromatic rings. The summed E-state index contributed by atoms with van der Waals surface area (Å²) in [5.41, 5.74) is -0.307. The van der Waals surface area contributed by atoms with Gasteiger partial charge in [-0.1, -0.05) is 59.7 Å². The lowest BCUT2D eigenvalue weighted by molar-refractivity contribution is -0.0712. The van der Waals surface area contributed by atoms with E-state index in [1.165, 1.54) is 6.07 Å². The van der Waals surface area contributed by atoms with Crippen molar-refractivity contribution in [3.8, 4) is 0 Å². The van der Waals surface area contributed by atoms with Gasteiger partial charge in [-0.2, -0.15) is 0 Å². The average Bonchev–Trinajstić information content (AvgIpc) is 3.04. The van der Waals surface area contributed by atoms with Crippen molar-refractivity contribution in [2.24, 2.45) is 17.8 Å². The first kappa shape index (κ1) is 21.6. The van der Waals surface area contributed by atoms with E-state index in [2.05, 4.69) is 18.7 Å². The molecule has 3 nitrogen and oxygen atoms in total. The van der Waals surface area contributed by atoms with Crippen molar-refractivity contribution < 1.29 is 13.9 Å². The molecule has 2 rings (SSSR count). The van der Waals surface area contributed by atoms with E-state index in [9.17, 15) is 9.50 Å². The van der Waals surface area contributed by atoms with E-state index in [1.54, 1.807) is 6.07 Å². The Morgan fingerprint density at radius 1 is 0.963 bits per heavy atom. The lowest BCUT2D eigenvalue weighted by Gasteiger charge is -2.34. The number of benzene rings is 1. The summed E-state index contributed by atoms with van der Waals surface area (Å²) < 4.78 is 20.1. The van der Waals surface area contributed by atoms with Gasteiger partial charge in [0.05, 0.1) is 6.54 Å². The topological polar surface area (TPSA) is 36.6 Å². The Kier molecular flexibility index (Phi) is 7.24. The van der Waals surface area contributed by atoms with Crippen molar-refractivity contribution in [1.29, 1.82) is 0 Å². The lowest BCUT2D eigenvalue weighted by Crippen LogP contribution is -2.37. The monoisotopic (exact) mass is 375 g/mol. The number of nitrogens with zero attached hydrogens (tertiary/aromatic N) is 1. The predicted octanol–water partition coefficient (Wildman–Crippen LogP) is 5.58. The van der Waals surface area contributed by atoms with E-state index in [0.717, 1.165) is 12.3 Å². The fourth-order valence-corrected chi connectivity index (χ4v) is 3.70. The molecule has 0 saturated carbocycles. The predicted molar refractivity (Wildman–Crippen MR) is 108 cm³/mol. The lowest BCUT2D eigenvalue weighted by atomic mass is 9.78. The average molecular weight is 376 g/mol. The van der Waals surface area contributed by atoms with Crippen LogP contribution >= 0.6 is 0 Å². The molecule has 0 spiro atoms. The van der Waals surface area contributed by atoms with Gasteiger partial charge in [0, 0.05) is 18.7 Å². The van der Waals surface area contributed by atoms with E-state index < -0.39 is 5.60 Å². The maximum absolute atomic E-state index is 14.1. The van der Waals surface area contributed by atoms with Gasteiger partial charge in [0.2, 0.25) is 0 Å². The summed E-state index contributed by atoms with van der Waals surface area (Å²) in [6, 6.07) is 10.7. The van der Waals surface area contributed by atoms with E-state index in [0.29, 0.717) is 30.3 Å². The highest BCUT2D eigenvalue weighted by molar-refractivity contribution is 5.18. The van der Waals surface area contributed by atoms with Crippen LogP contribution < -0.4 is 0 Å². The maximum Gasteiger partial charge on any atom is 0.136 e. The van der Waals surface area contributed by atoms with Crippen molar-refractivity contribution in [3.05, 3.63) is 59.3 Å². The van der Waals surface area contributed by atoms with E-state index >= 15 is 0 Å². The Balaban J connectivity index is 2.21. The molecule has 27 heavy (non-hydrogen) atoms. The van der Waals surface area contributed by atoms with Gasteiger partial charge in [-0.25, -0.2) is 4.39 Å². The molecule has 4 heteroatoms. The van der Waals surface area contributed by atoms with Crippen LogP contribution in [0.5, 0.6) is 0 Å². The molecule has 0 radical (unpaired) electrons. The zero-order valence-electron chi connectivity index (χ0n) is 17.5. The molecule has 1 N–H and O–H groups in total. The first-order chi connectivity index (χ1) is 12.6. The largest absolute Gasteiger partial charge is 0.462 e. The molecular formula is C23H34FNO2. The smallest absolute Gasteiger partial charge is 0.136 e. The van der Waals surface area contributed by atoms with Crippen LogP contribution in [0.25, 0.3) is 0 Å². The number of rotatable bonds is 9. The maximum atomic E-state index is 14.1. The van der Waals surface area contributed by atoms with Crippen LogP contribution in [-0.4, -0.2) is 16.6 Å². The SMILES string of the molecule is CC(C)CN(Cc1ccc(C(O)(C(C)C)C(C)C)o1)Cc1ccccc1F. The first-order valence-electron chi connectivity index (χ1n) is 9.91. The molecule has 0 atom stereocenters. The third-order valence-corrected chi connectivity index (χ3v) is 5.17. The minimum Gasteiger partial charge on any atom is -0.462 e. The second-order valence-electron chi connectivity index (χ2n) is 8.56. The van der Waals surface area contributed by atoms with Crippen molar-refractivity contribution in [2.75, 3.05) is 6.54 Å². The molecule has 150 valence electrons. The summed E-state index contributed by atoms with van der Waals surface area (Å²) in [6.07, 6.45) is 0. The van der Waals surface area contributed by atoms with Crippen LogP contribution in [0.2, 0.25) is 0 Å². The molecule has 1 aromatic heterocycles. The second kappa shape index (κ2) is 9.03. The fraction of sp³-hybridized carbons (Fsp3) is 0.565. The number of aliphatic hydroxyl groups is 1. The Morgan fingerprint density at radius 2 is 1.59 bits per heavy atom. The number of hydrogen-bond acceptors (Lipinski definition) is 3. The van der Waals surface area contributed by atoms with Gasteiger partial charge in [-0.3, -0.25) is 4.90 Å². The van der Waals surface area contributed by atoms with Gasteiger partial charge >= 0.3 is 0 Å². The van der Waals surface area contributed by atoms with Gasteiger partial charge in [-0.05, 0) is 36.0 Å². The van der Waals surface area contributed by atoms with E-state index in [-0.39, 0.29) is 17.7 Å². The number of furan rings is 1. The quantitative estimate of drug-likeness (QED) is 0.622. The summed E-state index contributed by atoms with van der Waals surface area (Å²) in [7, 11) is 0. The van der Waals surface area contributed by atoms with Gasteiger partial charge < -0.3 is 9.52 Å². The Bertz CT molecular complexity index is 713. The Morgan fingerprint density at radius 3 is 2.15 bits per heavy atom. The zero-order valence-corrected chi connectivity index (χ0v) is 17.5. The van der Waals surface area contributed by atoms with Crippen LogP contribution in [-0.2, 0) is 18.7 Å². The third kappa shape index (κ3) is 5.20. The fourth-order valence-electron chi connectivity index (χ4n) is 3.70. The summed E-state index contributed by atoms with van der Waals surface area (Å²) in [5.74, 6) is 1.76. The van der Waals surface area contributed by atoms with Crippen LogP contribution in [0.3, 0.4) is 0 Å². The minimum absolute atomic E-state index is 0.0432. The molecule has 0 aliphatic rings. The van der Waals surface area contributed by atoms with Gasteiger partial charge in [0.15, 0.2) is 0 Å². The van der Waals surface area contributed by atoms with Gasteiger partial charge in [-0.15, -0.1) is 0 Å². The van der Waals surface area contributed by atoms with Crippen molar-refractivity contribution in [2.45, 2.75) is 60.2 Å². The van der Waals surface area contributed by atoms with E-state index in [4.69, 9.17) is 4.42 Å². The van der Waals surface area contributed by atoms with E-state index in [1.807, 2.05) is 52.0 Å². The minimum atomic E-state index is -0.993. The van der Waals surface area contributed by atoms with Crippen LogP contribution in [0.15, 0.2) is 40.8 Å². The Labute approximate surface area is 163 Å². The molecule has 1 heterocycles. The van der Waals surface area contributed by atoms with Crippen molar-refractivity contribution >= 4 is 0 Å². The standard InChI is InChI=1S/C23H34FNO2/c1-16(2)13-25(14-19-9-7-8-10-21(19)24)15-20-11-12-22(27-20)23(26,17(3)4)18(5)6/h7-12,16-18,26H,13-15H2,1-6H3. The first-order valence-corrected chi connectivity index (χ1v) is 9.91. The molecule has 0 fully saturated rings. The third-order valence-electron chi connectivity index (χ3n) is 5.17. The number of hydrogen-bond donors (Lipinski definition) is 1. The molecule has 0 bridgehead atoms. The van der Waals surface area contributed by atoms with Crippen molar-refractivity contribution in [1.82, 2.24) is 4.90 Å². The summed E-state index contributed by atoms with van der Waals surface area (Å²) >= 11 is 0. The zero-order chi connectivity index (χ0) is 20.2. The molecular weight excluding hydrogens is 341 g/mol. The van der Waals surface area contributed by atoms with Crippen molar-refractivity contribution in [3.63, 3.8) is 0 Å².